The summed E-state index contributed by atoms with van der Waals surface area (Å²) in [5.41, 5.74) is 4.13. The van der Waals surface area contributed by atoms with Crippen LogP contribution in [-0.2, 0) is 11.3 Å². The summed E-state index contributed by atoms with van der Waals surface area (Å²) in [5, 5.41) is 2.83. The summed E-state index contributed by atoms with van der Waals surface area (Å²) in [6.07, 6.45) is 3.28. The topological polar surface area (TPSA) is 69.0 Å². The maximum absolute atomic E-state index is 14.7. The van der Waals surface area contributed by atoms with E-state index in [0.29, 0.717) is 28.8 Å². The number of amides is 1. The number of nitrogens with one attached hydrogen (secondary N) is 1. The van der Waals surface area contributed by atoms with Crippen molar-refractivity contribution in [2.75, 3.05) is 6.54 Å². The Bertz CT molecular complexity index is 1080. The van der Waals surface area contributed by atoms with E-state index in [-0.39, 0.29) is 17.7 Å². The molecule has 8 heteroatoms. The van der Waals surface area contributed by atoms with Crippen molar-refractivity contribution < 1.29 is 13.9 Å². The van der Waals surface area contributed by atoms with Gasteiger partial charge in [0.1, 0.15) is 11.5 Å². The Morgan fingerprint density at radius 2 is 2.21 bits per heavy atom. The summed E-state index contributed by atoms with van der Waals surface area (Å²) in [6, 6.07) is 2.62. The minimum Gasteiger partial charge on any atom is -0.369 e. The summed E-state index contributed by atoms with van der Waals surface area (Å²) in [5.74, 6) is -0.665. The molecule has 4 heterocycles. The highest BCUT2D eigenvalue weighted by atomic mass is 79.9. The fourth-order valence-corrected chi connectivity index (χ4v) is 4.05. The highest BCUT2D eigenvalue weighted by Crippen LogP contribution is 2.38. The Kier molecular flexibility index (Phi) is 4.93. The van der Waals surface area contributed by atoms with Gasteiger partial charge >= 0.3 is 0 Å². The summed E-state index contributed by atoms with van der Waals surface area (Å²) in [4.78, 5) is 21.6. The number of nitrogens with zero attached hydrogens (tertiary/aromatic N) is 3. The fraction of sp³-hybridized carbons (Fsp3) is 0.350. The third-order valence-electron chi connectivity index (χ3n) is 5.10. The van der Waals surface area contributed by atoms with E-state index in [0.717, 1.165) is 16.6 Å². The second-order valence-corrected chi connectivity index (χ2v) is 7.75. The van der Waals surface area contributed by atoms with Gasteiger partial charge in [-0.05, 0) is 48.8 Å². The van der Waals surface area contributed by atoms with Crippen molar-refractivity contribution >= 4 is 32.9 Å². The monoisotopic (exact) mass is 446 g/mol. The minimum absolute atomic E-state index is 0.0685. The Morgan fingerprint density at radius 3 is 2.93 bits per heavy atom. The quantitative estimate of drug-likeness (QED) is 0.648. The van der Waals surface area contributed by atoms with Crippen molar-refractivity contribution in [3.05, 3.63) is 57.3 Å². The lowest BCUT2D eigenvalue weighted by Crippen LogP contribution is -2.27. The largest absolute Gasteiger partial charge is 0.369 e. The molecule has 2 atom stereocenters. The molecule has 0 aromatic carbocycles. The summed E-state index contributed by atoms with van der Waals surface area (Å²) in [7, 11) is 0. The molecule has 1 N–H and O–H groups in total. The number of carbonyl (C=O) groups is 1. The molecule has 28 heavy (non-hydrogen) atoms. The minimum atomic E-state index is -0.507. The van der Waals surface area contributed by atoms with Gasteiger partial charge in [-0.1, -0.05) is 0 Å². The van der Waals surface area contributed by atoms with Crippen molar-refractivity contribution in [2.45, 2.75) is 39.5 Å². The van der Waals surface area contributed by atoms with E-state index in [4.69, 9.17) is 4.74 Å². The highest BCUT2D eigenvalue weighted by Gasteiger charge is 2.29. The standard InChI is InChI=1S/C20H20BrFN4O2/c1-4-23-20(27)17-6-16-19(14-9-28-11(3)13(14)8-24-16)26(17)10(2)18-15(22)5-12(21)7-25-18/h5-8,10-11H,4,9H2,1-3H3,(H,23,27)/t10-,11?/m1/s1. The first-order valence-electron chi connectivity index (χ1n) is 9.15. The first kappa shape index (κ1) is 19.0. The number of rotatable bonds is 4. The first-order chi connectivity index (χ1) is 13.4. The van der Waals surface area contributed by atoms with Crippen LogP contribution in [0.15, 0.2) is 29.0 Å². The van der Waals surface area contributed by atoms with Crippen LogP contribution in [0.1, 0.15) is 60.2 Å². The maximum atomic E-state index is 14.7. The molecule has 0 saturated heterocycles. The smallest absolute Gasteiger partial charge is 0.268 e. The molecule has 3 aromatic rings. The predicted octanol–water partition coefficient (Wildman–Crippen LogP) is 4.28. The molecule has 3 aromatic heterocycles. The van der Waals surface area contributed by atoms with Gasteiger partial charge in [-0.25, -0.2) is 4.39 Å². The zero-order valence-electron chi connectivity index (χ0n) is 15.8. The van der Waals surface area contributed by atoms with Gasteiger partial charge in [0.05, 0.1) is 35.5 Å². The molecule has 6 nitrogen and oxygen atoms in total. The predicted molar refractivity (Wildman–Crippen MR) is 107 cm³/mol. The lowest BCUT2D eigenvalue weighted by molar-refractivity contribution is 0.0797. The molecule has 0 radical (unpaired) electrons. The van der Waals surface area contributed by atoms with Crippen molar-refractivity contribution in [3.8, 4) is 0 Å². The second-order valence-electron chi connectivity index (χ2n) is 6.83. The Labute approximate surface area is 170 Å². The van der Waals surface area contributed by atoms with Gasteiger partial charge in [-0.2, -0.15) is 0 Å². The van der Waals surface area contributed by atoms with E-state index in [1.54, 1.807) is 18.5 Å². The molecule has 0 fully saturated rings. The van der Waals surface area contributed by atoms with Crippen molar-refractivity contribution in [2.24, 2.45) is 0 Å². The van der Waals surface area contributed by atoms with Crippen LogP contribution in [0.2, 0.25) is 0 Å². The molecule has 1 unspecified atom stereocenters. The van der Waals surface area contributed by atoms with E-state index in [1.807, 2.05) is 25.3 Å². The number of pyridine rings is 2. The zero-order valence-corrected chi connectivity index (χ0v) is 17.4. The Hall–Kier alpha value is -2.32. The maximum Gasteiger partial charge on any atom is 0.268 e. The van der Waals surface area contributed by atoms with Gasteiger partial charge in [0.2, 0.25) is 0 Å². The number of ether oxygens (including phenoxy) is 1. The van der Waals surface area contributed by atoms with Gasteiger partial charge in [0, 0.05) is 34.5 Å². The lowest BCUT2D eigenvalue weighted by Gasteiger charge is -2.20. The van der Waals surface area contributed by atoms with Crippen molar-refractivity contribution in [1.29, 1.82) is 0 Å². The molecule has 0 bridgehead atoms. The fourth-order valence-electron chi connectivity index (χ4n) is 3.75. The third kappa shape index (κ3) is 3.00. The van der Waals surface area contributed by atoms with Crippen molar-refractivity contribution in [1.82, 2.24) is 19.9 Å². The summed E-state index contributed by atoms with van der Waals surface area (Å²) >= 11 is 3.24. The number of fused-ring (bicyclic) bond motifs is 3. The van der Waals surface area contributed by atoms with E-state index in [1.165, 1.54) is 6.07 Å². The van der Waals surface area contributed by atoms with Crippen LogP contribution in [0, 0.1) is 5.82 Å². The van der Waals surface area contributed by atoms with Crippen LogP contribution in [0.25, 0.3) is 11.0 Å². The summed E-state index contributed by atoms with van der Waals surface area (Å²) < 4.78 is 22.8. The van der Waals surface area contributed by atoms with Gasteiger partial charge in [-0.15, -0.1) is 0 Å². The number of carbonyl (C=O) groups excluding carboxylic acids is 1. The molecule has 0 spiro atoms. The number of hydrogen-bond acceptors (Lipinski definition) is 4. The molecule has 1 amide bonds. The van der Waals surface area contributed by atoms with Crippen LogP contribution < -0.4 is 5.32 Å². The molecular weight excluding hydrogens is 427 g/mol. The number of aromatic nitrogens is 3. The molecule has 1 aliphatic heterocycles. The number of hydrogen-bond donors (Lipinski definition) is 1. The van der Waals surface area contributed by atoms with E-state index >= 15 is 0 Å². The molecular formula is C20H20BrFN4O2. The summed E-state index contributed by atoms with van der Waals surface area (Å²) in [6.45, 7) is 6.58. The van der Waals surface area contributed by atoms with Crippen LogP contribution in [0.4, 0.5) is 4.39 Å². The van der Waals surface area contributed by atoms with Gasteiger partial charge in [-0.3, -0.25) is 14.8 Å². The second kappa shape index (κ2) is 7.25. The van der Waals surface area contributed by atoms with Crippen LogP contribution in [-0.4, -0.2) is 27.0 Å². The Morgan fingerprint density at radius 1 is 1.43 bits per heavy atom. The lowest BCUT2D eigenvalue weighted by atomic mass is 10.1. The van der Waals surface area contributed by atoms with Crippen LogP contribution >= 0.6 is 15.9 Å². The third-order valence-corrected chi connectivity index (χ3v) is 5.53. The average molecular weight is 447 g/mol. The first-order valence-corrected chi connectivity index (χ1v) is 9.95. The number of halogens is 2. The highest BCUT2D eigenvalue weighted by molar-refractivity contribution is 9.10. The molecule has 0 aliphatic carbocycles. The van der Waals surface area contributed by atoms with Gasteiger partial charge < -0.3 is 14.6 Å². The van der Waals surface area contributed by atoms with E-state index in [2.05, 4.69) is 31.2 Å². The molecule has 0 saturated carbocycles. The average Bonchev–Trinajstić information content (AvgIpc) is 3.22. The SMILES string of the molecule is CCNC(=O)c1cc2ncc3c(c2n1[C@H](C)c1ncc(Br)cc1F)COC3C. The van der Waals surface area contributed by atoms with Gasteiger partial charge in [0.15, 0.2) is 0 Å². The molecule has 146 valence electrons. The normalized spacial score (nSPS) is 17.0. The van der Waals surface area contributed by atoms with Crippen molar-refractivity contribution in [3.63, 3.8) is 0 Å². The van der Waals surface area contributed by atoms with E-state index in [9.17, 15) is 9.18 Å². The zero-order chi connectivity index (χ0) is 20.0. The van der Waals surface area contributed by atoms with Crippen LogP contribution in [0.3, 0.4) is 0 Å². The Balaban J connectivity index is 1.98. The van der Waals surface area contributed by atoms with Gasteiger partial charge in [0.25, 0.3) is 5.91 Å². The molecule has 4 rings (SSSR count). The van der Waals surface area contributed by atoms with Crippen LogP contribution in [0.5, 0.6) is 0 Å². The molecule has 1 aliphatic rings. The van der Waals surface area contributed by atoms with E-state index < -0.39 is 11.9 Å².